The van der Waals surface area contributed by atoms with Crippen LogP contribution in [0.25, 0.3) is 0 Å². The second-order valence-corrected chi connectivity index (χ2v) is 15.5. The number of unbranched alkanes of at least 4 members (excludes halogenated alkanes) is 19. The van der Waals surface area contributed by atoms with Gasteiger partial charge in [-0.05, 0) is 70.6 Å². The number of ether oxygens (including phenoxy) is 2. The van der Waals surface area contributed by atoms with E-state index in [4.69, 9.17) is 19.1 Å². The topological polar surface area (TPSA) is 149 Å². The van der Waals surface area contributed by atoms with Gasteiger partial charge in [0.25, 0.3) is 0 Å². The number of carbonyl (C=O) groups excluding carboxylic acids is 2. The van der Waals surface area contributed by atoms with Gasteiger partial charge in [0.1, 0.15) is 12.7 Å². The highest BCUT2D eigenvalue weighted by Gasteiger charge is 2.27. The van der Waals surface area contributed by atoms with Crippen LogP contribution in [-0.2, 0) is 32.7 Å². The Morgan fingerprint density at radius 2 is 0.981 bits per heavy atom. The number of rotatable bonds is 39. The zero-order valence-corrected chi connectivity index (χ0v) is 34.4. The highest BCUT2D eigenvalue weighted by atomic mass is 31.2. The molecule has 0 bridgehead atoms. The lowest BCUT2D eigenvalue weighted by molar-refractivity contribution is -0.161. The van der Waals surface area contributed by atoms with E-state index in [1.807, 2.05) is 0 Å². The molecule has 53 heavy (non-hydrogen) atoms. The molecule has 1 unspecified atom stereocenters. The largest absolute Gasteiger partial charge is 0.472 e. The minimum Gasteiger partial charge on any atom is -0.462 e. The van der Waals surface area contributed by atoms with Gasteiger partial charge in [-0.25, -0.2) is 4.57 Å². The second kappa shape index (κ2) is 38.5. The molecule has 0 aromatic rings. The molecule has 3 N–H and O–H groups in total. The number of aliphatic hydroxyl groups excluding tert-OH is 2. The van der Waals surface area contributed by atoms with E-state index in [-0.39, 0.29) is 19.4 Å². The lowest BCUT2D eigenvalue weighted by Crippen LogP contribution is -2.29. The predicted molar refractivity (Wildman–Crippen MR) is 214 cm³/mol. The van der Waals surface area contributed by atoms with E-state index in [0.717, 1.165) is 83.5 Å². The number of allylic oxidation sites excluding steroid dienone is 6. The zero-order chi connectivity index (χ0) is 39.1. The Morgan fingerprint density at radius 1 is 0.566 bits per heavy atom. The first kappa shape index (κ1) is 51.2. The molecular formula is C42H77O10P. The molecule has 0 saturated carbocycles. The van der Waals surface area contributed by atoms with Crippen molar-refractivity contribution in [2.45, 2.75) is 193 Å². The van der Waals surface area contributed by atoms with Crippen LogP contribution in [0, 0.1) is 0 Å². The van der Waals surface area contributed by atoms with Crippen molar-refractivity contribution in [1.82, 2.24) is 0 Å². The van der Waals surface area contributed by atoms with Crippen molar-refractivity contribution in [1.29, 1.82) is 0 Å². The molecule has 0 spiro atoms. The van der Waals surface area contributed by atoms with Gasteiger partial charge in [-0.2, -0.15) is 0 Å². The van der Waals surface area contributed by atoms with Crippen LogP contribution >= 0.6 is 7.82 Å². The zero-order valence-electron chi connectivity index (χ0n) is 33.5. The van der Waals surface area contributed by atoms with Crippen LogP contribution in [0.15, 0.2) is 36.5 Å². The lowest BCUT2D eigenvalue weighted by Gasteiger charge is -2.20. The summed E-state index contributed by atoms with van der Waals surface area (Å²) in [6.07, 6.45) is 38.2. The summed E-state index contributed by atoms with van der Waals surface area (Å²) in [6.45, 7) is 2.32. The van der Waals surface area contributed by atoms with Gasteiger partial charge in [0.05, 0.1) is 19.8 Å². The highest BCUT2D eigenvalue weighted by molar-refractivity contribution is 7.47. The molecule has 310 valence electrons. The van der Waals surface area contributed by atoms with E-state index in [1.54, 1.807) is 0 Å². The molecule has 0 heterocycles. The van der Waals surface area contributed by atoms with Gasteiger partial charge < -0.3 is 24.6 Å². The van der Waals surface area contributed by atoms with Crippen LogP contribution in [-0.4, -0.2) is 65.7 Å². The first-order valence-electron chi connectivity index (χ1n) is 20.9. The van der Waals surface area contributed by atoms with Crippen LogP contribution in [0.4, 0.5) is 0 Å². The third-order valence-corrected chi connectivity index (χ3v) is 9.72. The van der Waals surface area contributed by atoms with Crippen molar-refractivity contribution in [2.75, 3.05) is 26.4 Å². The Hall–Kier alpha value is -1.81. The van der Waals surface area contributed by atoms with Crippen LogP contribution < -0.4 is 0 Å². The van der Waals surface area contributed by atoms with E-state index >= 15 is 0 Å². The quantitative estimate of drug-likeness (QED) is 0.0238. The molecule has 0 saturated heterocycles. The summed E-state index contributed by atoms with van der Waals surface area (Å²) in [5.41, 5.74) is 0. The molecule has 0 aliphatic carbocycles. The van der Waals surface area contributed by atoms with E-state index in [9.17, 15) is 24.2 Å². The molecule has 10 nitrogen and oxygen atoms in total. The number of phosphoric acid groups is 1. The molecule has 0 aromatic heterocycles. The summed E-state index contributed by atoms with van der Waals surface area (Å²) in [5, 5.41) is 18.3. The van der Waals surface area contributed by atoms with Crippen molar-refractivity contribution < 1.29 is 47.8 Å². The molecule has 0 rings (SSSR count). The van der Waals surface area contributed by atoms with Gasteiger partial charge in [0, 0.05) is 12.8 Å². The minimum atomic E-state index is -4.62. The third kappa shape index (κ3) is 38.3. The summed E-state index contributed by atoms with van der Waals surface area (Å²) in [7, 11) is -4.62. The fraction of sp³-hybridized carbons (Fsp3) is 0.810. The van der Waals surface area contributed by atoms with Gasteiger partial charge in [-0.15, -0.1) is 0 Å². The number of carbonyl (C=O) groups is 2. The van der Waals surface area contributed by atoms with Gasteiger partial charge in [0.15, 0.2) is 6.10 Å². The summed E-state index contributed by atoms with van der Waals surface area (Å²) in [4.78, 5) is 34.9. The molecule has 0 aromatic carbocycles. The fourth-order valence-electron chi connectivity index (χ4n) is 5.49. The van der Waals surface area contributed by atoms with Gasteiger partial charge >= 0.3 is 19.8 Å². The van der Waals surface area contributed by atoms with E-state index < -0.39 is 51.8 Å². The van der Waals surface area contributed by atoms with E-state index in [0.29, 0.717) is 12.8 Å². The normalized spacial score (nSPS) is 14.3. The Bertz CT molecular complexity index is 983. The van der Waals surface area contributed by atoms with Gasteiger partial charge in [0.2, 0.25) is 0 Å². The Labute approximate surface area is 322 Å². The predicted octanol–water partition coefficient (Wildman–Crippen LogP) is 10.8. The third-order valence-electron chi connectivity index (χ3n) is 8.77. The van der Waals surface area contributed by atoms with Crippen LogP contribution in [0.3, 0.4) is 0 Å². The van der Waals surface area contributed by atoms with Gasteiger partial charge in [-0.3, -0.25) is 18.6 Å². The molecule has 0 amide bonds. The number of hydrogen-bond donors (Lipinski definition) is 3. The van der Waals surface area contributed by atoms with Crippen LogP contribution in [0.5, 0.6) is 0 Å². The fourth-order valence-corrected chi connectivity index (χ4v) is 6.28. The maximum absolute atomic E-state index is 12.6. The standard InChI is InChI=1S/C42H77O10P/c1-3-5-7-9-11-13-15-17-19-21-23-25-27-29-31-33-41(45)49-37-40(38-51-53(47,48)50-36-39(44)35-43)52-42(46)34-32-30-28-26-24-22-20-18-16-14-12-10-8-6-4-2/h11,13,17-20,39-40,43-44H,3-10,12,14-16,21-38H2,1-2H3,(H,47,48)/b13-11-,19-17-,20-18-/t39-,40+/m0/s1. The lowest BCUT2D eigenvalue weighted by atomic mass is 10.1. The number of aliphatic hydroxyl groups is 2. The Balaban J connectivity index is 4.36. The van der Waals surface area contributed by atoms with Crippen molar-refractivity contribution in [2.24, 2.45) is 0 Å². The maximum Gasteiger partial charge on any atom is 0.472 e. The van der Waals surface area contributed by atoms with Crippen LogP contribution in [0.2, 0.25) is 0 Å². The van der Waals surface area contributed by atoms with Gasteiger partial charge in [-0.1, -0.05) is 134 Å². The average Bonchev–Trinajstić information content (AvgIpc) is 3.14. The van der Waals surface area contributed by atoms with Crippen molar-refractivity contribution >= 4 is 19.8 Å². The summed E-state index contributed by atoms with van der Waals surface area (Å²) < 4.78 is 32.6. The maximum atomic E-state index is 12.6. The van der Waals surface area contributed by atoms with Crippen molar-refractivity contribution in [3.05, 3.63) is 36.5 Å². The average molecular weight is 773 g/mol. The van der Waals surface area contributed by atoms with E-state index in [1.165, 1.54) is 57.8 Å². The summed E-state index contributed by atoms with van der Waals surface area (Å²) >= 11 is 0. The molecule has 0 fully saturated rings. The highest BCUT2D eigenvalue weighted by Crippen LogP contribution is 2.43. The molecule has 0 aliphatic rings. The Morgan fingerprint density at radius 3 is 1.51 bits per heavy atom. The summed E-state index contributed by atoms with van der Waals surface area (Å²) in [6, 6.07) is 0. The molecule has 0 aliphatic heterocycles. The van der Waals surface area contributed by atoms with E-state index in [2.05, 4.69) is 54.8 Å². The number of phosphoric ester groups is 1. The minimum absolute atomic E-state index is 0.171. The summed E-state index contributed by atoms with van der Waals surface area (Å²) in [5.74, 6) is -0.950. The first-order chi connectivity index (χ1) is 25.7. The van der Waals surface area contributed by atoms with Crippen LogP contribution in [0.1, 0.15) is 181 Å². The smallest absolute Gasteiger partial charge is 0.462 e. The second-order valence-electron chi connectivity index (χ2n) is 14.0. The first-order valence-corrected chi connectivity index (χ1v) is 22.4. The molecule has 3 atom stereocenters. The Kier molecular flexibility index (Phi) is 37.2. The molecule has 0 radical (unpaired) electrons. The van der Waals surface area contributed by atoms with Crippen molar-refractivity contribution in [3.63, 3.8) is 0 Å². The monoisotopic (exact) mass is 773 g/mol. The SMILES string of the molecule is CCCCC/C=C\C/C=C\CCCCCCCC(=O)OC[C@H](COP(=O)(O)OC[C@@H](O)CO)OC(=O)CCCCCCC/C=C\CCCCCCCC. The molecular weight excluding hydrogens is 695 g/mol. The number of hydrogen-bond acceptors (Lipinski definition) is 9. The number of esters is 2. The molecule has 11 heteroatoms. The van der Waals surface area contributed by atoms with Crippen molar-refractivity contribution in [3.8, 4) is 0 Å².